The Morgan fingerprint density at radius 1 is 1.09 bits per heavy atom. The number of sulfone groups is 1. The first kappa shape index (κ1) is 23.1. The monoisotopic (exact) mass is 479 g/mol. The van der Waals surface area contributed by atoms with Gasteiger partial charge in [0, 0.05) is 18.0 Å². The fourth-order valence-electron chi connectivity index (χ4n) is 3.61. The minimum absolute atomic E-state index is 0.139. The molecular weight excluding hydrogens is 454 g/mol. The minimum Gasteiger partial charge on any atom is -0.279 e. The van der Waals surface area contributed by atoms with Gasteiger partial charge in [-0.3, -0.25) is 14.7 Å². The number of carbonyl (C=O) groups is 1. The molecule has 0 saturated heterocycles. The van der Waals surface area contributed by atoms with Crippen LogP contribution in [0.1, 0.15) is 40.9 Å². The largest absolute Gasteiger partial charge is 0.279 e. The third-order valence-corrected chi connectivity index (χ3v) is 8.76. The number of rotatable bonds is 6. The molecule has 0 fully saturated rings. The summed E-state index contributed by atoms with van der Waals surface area (Å²) in [5.41, 5.74) is 4.20. The normalized spacial score (nSPS) is 11.8. The van der Waals surface area contributed by atoms with Gasteiger partial charge in [-0.25, -0.2) is 13.4 Å². The summed E-state index contributed by atoms with van der Waals surface area (Å²) in [6.07, 6.45) is 3.39. The zero-order valence-electron chi connectivity index (χ0n) is 18.9. The van der Waals surface area contributed by atoms with Crippen molar-refractivity contribution in [1.82, 2.24) is 9.97 Å². The molecule has 0 radical (unpaired) electrons. The van der Waals surface area contributed by atoms with Crippen molar-refractivity contribution in [2.24, 2.45) is 0 Å². The Bertz CT molecular complexity index is 1430. The summed E-state index contributed by atoms with van der Waals surface area (Å²) in [7, 11) is -3.51. The van der Waals surface area contributed by atoms with Crippen LogP contribution in [0.25, 0.3) is 10.2 Å². The Morgan fingerprint density at radius 3 is 2.58 bits per heavy atom. The topological polar surface area (TPSA) is 80.2 Å². The second-order valence-corrected chi connectivity index (χ2v) is 11.8. The molecule has 0 saturated carbocycles. The zero-order valence-corrected chi connectivity index (χ0v) is 20.6. The average Bonchev–Trinajstić information content (AvgIpc) is 3.22. The smallest absolute Gasteiger partial charge is 0.260 e. The van der Waals surface area contributed by atoms with E-state index in [2.05, 4.69) is 11.1 Å². The van der Waals surface area contributed by atoms with Crippen molar-refractivity contribution in [2.75, 3.05) is 4.90 Å². The van der Waals surface area contributed by atoms with E-state index in [4.69, 9.17) is 4.98 Å². The summed E-state index contributed by atoms with van der Waals surface area (Å²) in [5.74, 6) is -0.312. The number of pyridine rings is 1. The van der Waals surface area contributed by atoms with Gasteiger partial charge < -0.3 is 0 Å². The summed E-state index contributed by atoms with van der Waals surface area (Å²) in [5, 5.41) is -0.0190. The Morgan fingerprint density at radius 2 is 1.88 bits per heavy atom. The van der Waals surface area contributed by atoms with Crippen molar-refractivity contribution in [3.05, 3.63) is 83.2 Å². The predicted octanol–water partition coefficient (Wildman–Crippen LogP) is 5.34. The molecule has 1 amide bonds. The van der Waals surface area contributed by atoms with Crippen LogP contribution >= 0.6 is 11.3 Å². The minimum atomic E-state index is -3.51. The van der Waals surface area contributed by atoms with Crippen LogP contribution < -0.4 is 4.90 Å². The summed E-state index contributed by atoms with van der Waals surface area (Å²) in [4.78, 5) is 24.4. The average molecular weight is 480 g/mol. The number of fused-ring (bicyclic) bond motifs is 1. The van der Waals surface area contributed by atoms with Gasteiger partial charge in [-0.05, 0) is 74.7 Å². The van der Waals surface area contributed by atoms with Crippen LogP contribution in [-0.2, 0) is 16.4 Å². The maximum Gasteiger partial charge on any atom is 0.260 e. The van der Waals surface area contributed by atoms with Crippen LogP contribution in [0.2, 0.25) is 0 Å². The second kappa shape index (κ2) is 9.03. The van der Waals surface area contributed by atoms with Gasteiger partial charge in [-0.1, -0.05) is 29.5 Å². The van der Waals surface area contributed by atoms with Gasteiger partial charge in [-0.2, -0.15) is 0 Å². The standard InChI is InChI=1S/C25H25N3O3S2/c1-16(2)33(30,31)21-9-5-8-20(13-21)24(29)28(15-19-7-6-10-26-14-19)25-27-22-12-17(3)11-18(4)23(22)32-25/h5-14,16H,15H2,1-4H3. The van der Waals surface area contributed by atoms with Crippen molar-refractivity contribution in [1.29, 1.82) is 0 Å². The first-order valence-electron chi connectivity index (χ1n) is 10.6. The molecule has 0 aliphatic heterocycles. The van der Waals surface area contributed by atoms with E-state index < -0.39 is 15.1 Å². The number of nitrogens with zero attached hydrogens (tertiary/aromatic N) is 3. The molecule has 0 aliphatic carbocycles. The Labute approximate surface area is 197 Å². The maximum atomic E-state index is 13.7. The van der Waals surface area contributed by atoms with E-state index in [1.807, 2.05) is 32.0 Å². The van der Waals surface area contributed by atoms with Gasteiger partial charge >= 0.3 is 0 Å². The highest BCUT2D eigenvalue weighted by Crippen LogP contribution is 2.34. The van der Waals surface area contributed by atoms with Crippen molar-refractivity contribution in [2.45, 2.75) is 44.4 Å². The molecule has 4 aromatic rings. The number of aromatic nitrogens is 2. The van der Waals surface area contributed by atoms with E-state index in [0.29, 0.717) is 10.7 Å². The number of benzene rings is 2. The van der Waals surface area contributed by atoms with Gasteiger partial charge in [0.2, 0.25) is 0 Å². The summed E-state index contributed by atoms with van der Waals surface area (Å²) in [6.45, 7) is 7.58. The van der Waals surface area contributed by atoms with Gasteiger partial charge in [0.05, 0.1) is 26.9 Å². The van der Waals surface area contributed by atoms with Crippen LogP contribution in [0.5, 0.6) is 0 Å². The number of thiazole rings is 1. The lowest BCUT2D eigenvalue weighted by molar-refractivity contribution is 0.0985. The van der Waals surface area contributed by atoms with Crippen molar-refractivity contribution >= 4 is 42.4 Å². The molecule has 2 heterocycles. The zero-order chi connectivity index (χ0) is 23.8. The molecule has 0 spiro atoms. The molecule has 2 aromatic heterocycles. The third kappa shape index (κ3) is 4.67. The highest BCUT2D eigenvalue weighted by Gasteiger charge is 2.25. The van der Waals surface area contributed by atoms with Gasteiger partial charge in [0.25, 0.3) is 5.91 Å². The molecule has 33 heavy (non-hydrogen) atoms. The Hall–Kier alpha value is -3.10. The fraction of sp³-hybridized carbons (Fsp3) is 0.240. The first-order chi connectivity index (χ1) is 15.7. The molecule has 6 nitrogen and oxygen atoms in total. The number of carbonyl (C=O) groups excluding carboxylic acids is 1. The third-order valence-electron chi connectivity index (χ3n) is 5.38. The van der Waals surface area contributed by atoms with Crippen LogP contribution in [0, 0.1) is 13.8 Å². The van der Waals surface area contributed by atoms with Gasteiger partial charge in [0.1, 0.15) is 0 Å². The van der Waals surface area contributed by atoms with E-state index in [-0.39, 0.29) is 17.3 Å². The molecule has 4 rings (SSSR count). The van der Waals surface area contributed by atoms with Crippen LogP contribution in [0.3, 0.4) is 0 Å². The number of amides is 1. The summed E-state index contributed by atoms with van der Waals surface area (Å²) in [6, 6.07) is 14.0. The molecule has 8 heteroatoms. The maximum absolute atomic E-state index is 13.7. The molecule has 0 aliphatic rings. The van der Waals surface area contributed by atoms with Crippen molar-refractivity contribution in [3.8, 4) is 0 Å². The molecular formula is C25H25N3O3S2. The van der Waals surface area contributed by atoms with E-state index in [9.17, 15) is 13.2 Å². The van der Waals surface area contributed by atoms with Gasteiger partial charge in [-0.15, -0.1) is 0 Å². The molecule has 0 bridgehead atoms. The van der Waals surface area contributed by atoms with Crippen LogP contribution in [0.4, 0.5) is 5.13 Å². The summed E-state index contributed by atoms with van der Waals surface area (Å²) < 4.78 is 26.4. The SMILES string of the molecule is Cc1cc(C)c2sc(N(Cc3cccnc3)C(=O)c3cccc(S(=O)(=O)C(C)C)c3)nc2c1. The number of hydrogen-bond acceptors (Lipinski definition) is 6. The van der Waals surface area contributed by atoms with Crippen molar-refractivity contribution < 1.29 is 13.2 Å². The molecule has 0 atom stereocenters. The number of aryl methyl sites for hydroxylation is 2. The van der Waals surface area contributed by atoms with E-state index in [0.717, 1.165) is 26.9 Å². The molecule has 0 unspecified atom stereocenters. The highest BCUT2D eigenvalue weighted by atomic mass is 32.2. The highest BCUT2D eigenvalue weighted by molar-refractivity contribution is 7.92. The first-order valence-corrected chi connectivity index (χ1v) is 13.0. The molecule has 170 valence electrons. The predicted molar refractivity (Wildman–Crippen MR) is 133 cm³/mol. The number of hydrogen-bond donors (Lipinski definition) is 0. The van der Waals surface area contributed by atoms with Crippen LogP contribution in [0.15, 0.2) is 65.8 Å². The van der Waals surface area contributed by atoms with E-state index in [1.54, 1.807) is 43.3 Å². The number of anilines is 1. The van der Waals surface area contributed by atoms with E-state index >= 15 is 0 Å². The Kier molecular flexibility index (Phi) is 6.32. The fourth-order valence-corrected chi connectivity index (χ4v) is 5.73. The molecule has 2 aromatic carbocycles. The van der Waals surface area contributed by atoms with Crippen LogP contribution in [-0.4, -0.2) is 29.5 Å². The van der Waals surface area contributed by atoms with Gasteiger partial charge in [0.15, 0.2) is 15.0 Å². The lowest BCUT2D eigenvalue weighted by atomic mass is 10.1. The lowest BCUT2D eigenvalue weighted by Crippen LogP contribution is -2.30. The lowest BCUT2D eigenvalue weighted by Gasteiger charge is -2.20. The van der Waals surface area contributed by atoms with Crippen molar-refractivity contribution in [3.63, 3.8) is 0 Å². The van der Waals surface area contributed by atoms with E-state index in [1.165, 1.54) is 23.5 Å². The Balaban J connectivity index is 1.81. The molecule has 0 N–H and O–H groups in total. The second-order valence-electron chi connectivity index (χ2n) is 8.30. The quantitative estimate of drug-likeness (QED) is 0.373. The summed E-state index contributed by atoms with van der Waals surface area (Å²) >= 11 is 1.45.